The van der Waals surface area contributed by atoms with E-state index in [-0.39, 0.29) is 28.3 Å². The van der Waals surface area contributed by atoms with E-state index in [1.54, 1.807) is 24.3 Å². The molecule has 0 amide bonds. The average Bonchev–Trinajstić information content (AvgIpc) is 3.24. The summed E-state index contributed by atoms with van der Waals surface area (Å²) in [5.74, 6) is 0.532. The minimum absolute atomic E-state index is 0.0636. The number of hydrogen-bond acceptors (Lipinski definition) is 6. The Morgan fingerprint density at radius 2 is 1.49 bits per heavy atom. The van der Waals surface area contributed by atoms with Crippen molar-refractivity contribution >= 4 is 28.8 Å². The van der Waals surface area contributed by atoms with Gasteiger partial charge in [-0.2, -0.15) is 5.10 Å². The maximum Gasteiger partial charge on any atom is 0.269 e. The summed E-state index contributed by atoms with van der Waals surface area (Å²) in [6, 6.07) is 23.2. The molecule has 8 heteroatoms. The molecule has 1 aliphatic carbocycles. The van der Waals surface area contributed by atoms with E-state index in [1.807, 2.05) is 47.5 Å². The van der Waals surface area contributed by atoms with Gasteiger partial charge in [0.05, 0.1) is 27.3 Å². The largest absolute Gasteiger partial charge is 0.269 e. The lowest BCUT2D eigenvalue weighted by molar-refractivity contribution is -0.385. The molecular formula is C27H24N4O4. The van der Waals surface area contributed by atoms with E-state index in [0.29, 0.717) is 5.92 Å². The monoisotopic (exact) mass is 468 g/mol. The van der Waals surface area contributed by atoms with Crippen LogP contribution in [0.25, 0.3) is 6.08 Å². The van der Waals surface area contributed by atoms with Gasteiger partial charge in [0.25, 0.3) is 11.4 Å². The van der Waals surface area contributed by atoms with Crippen molar-refractivity contribution in [3.8, 4) is 0 Å². The molecule has 1 saturated carbocycles. The fraction of sp³-hybridized carbons (Fsp3) is 0.222. The highest BCUT2D eigenvalue weighted by Crippen LogP contribution is 2.47. The van der Waals surface area contributed by atoms with Crippen LogP contribution in [0.15, 0.2) is 89.5 Å². The standard InChI is InChI=1S/C27H24N4O4/c1-18-15-21(17-19-7-11-23(12-8-19)30(32)33)26-25(16-18)27(20-9-13-24(14-10-20)31(34)35)29(28-26)22-5-3-2-4-6-22/h2-14,17-18,25,27H,15-16H2,1H3/b21-17-. The molecule has 35 heavy (non-hydrogen) atoms. The van der Waals surface area contributed by atoms with Gasteiger partial charge in [0.2, 0.25) is 0 Å². The maximum absolute atomic E-state index is 11.2. The fourth-order valence-corrected chi connectivity index (χ4v) is 5.10. The first-order valence-corrected chi connectivity index (χ1v) is 11.5. The van der Waals surface area contributed by atoms with Gasteiger partial charge in [-0.25, -0.2) is 0 Å². The minimum Gasteiger partial charge on any atom is -0.258 e. The van der Waals surface area contributed by atoms with Crippen LogP contribution in [0.4, 0.5) is 17.1 Å². The number of benzene rings is 3. The van der Waals surface area contributed by atoms with E-state index in [4.69, 9.17) is 5.10 Å². The van der Waals surface area contributed by atoms with Crippen molar-refractivity contribution in [1.29, 1.82) is 0 Å². The molecule has 0 aromatic heterocycles. The van der Waals surface area contributed by atoms with Crippen molar-refractivity contribution in [3.63, 3.8) is 0 Å². The second-order valence-corrected chi connectivity index (χ2v) is 9.13. The Morgan fingerprint density at radius 3 is 2.09 bits per heavy atom. The van der Waals surface area contributed by atoms with Crippen molar-refractivity contribution in [1.82, 2.24) is 0 Å². The lowest BCUT2D eigenvalue weighted by Gasteiger charge is -2.33. The predicted octanol–water partition coefficient (Wildman–Crippen LogP) is 6.55. The molecule has 3 unspecified atom stereocenters. The van der Waals surface area contributed by atoms with Crippen LogP contribution >= 0.6 is 0 Å². The number of nitrogens with zero attached hydrogens (tertiary/aromatic N) is 4. The van der Waals surface area contributed by atoms with Crippen LogP contribution in [0.5, 0.6) is 0 Å². The fourth-order valence-electron chi connectivity index (χ4n) is 5.10. The number of nitro benzene ring substituents is 2. The Bertz CT molecular complexity index is 1320. The molecule has 0 radical (unpaired) electrons. The van der Waals surface area contributed by atoms with Crippen molar-refractivity contribution in [2.75, 3.05) is 5.01 Å². The summed E-state index contributed by atoms with van der Waals surface area (Å²) in [7, 11) is 0. The maximum atomic E-state index is 11.2. The molecule has 0 N–H and O–H groups in total. The van der Waals surface area contributed by atoms with Crippen molar-refractivity contribution in [2.45, 2.75) is 25.8 Å². The molecule has 1 fully saturated rings. The van der Waals surface area contributed by atoms with Gasteiger partial charge in [-0.15, -0.1) is 0 Å². The molecule has 0 spiro atoms. The number of rotatable bonds is 5. The van der Waals surface area contributed by atoms with Crippen LogP contribution in [-0.4, -0.2) is 15.6 Å². The number of allylic oxidation sites excluding steroid dienone is 1. The highest BCUT2D eigenvalue weighted by molar-refractivity contribution is 6.08. The molecule has 8 nitrogen and oxygen atoms in total. The third-order valence-electron chi connectivity index (χ3n) is 6.68. The zero-order valence-corrected chi connectivity index (χ0v) is 19.2. The summed E-state index contributed by atoms with van der Waals surface area (Å²) >= 11 is 0. The van der Waals surface area contributed by atoms with Crippen LogP contribution in [0.2, 0.25) is 0 Å². The van der Waals surface area contributed by atoms with Crippen LogP contribution in [0.1, 0.15) is 36.9 Å². The molecule has 3 aromatic rings. The van der Waals surface area contributed by atoms with Crippen LogP contribution < -0.4 is 5.01 Å². The van der Waals surface area contributed by atoms with E-state index in [1.165, 1.54) is 12.1 Å². The van der Waals surface area contributed by atoms with E-state index in [2.05, 4.69) is 13.0 Å². The quantitative estimate of drug-likeness (QED) is 0.312. The third kappa shape index (κ3) is 4.42. The lowest BCUT2D eigenvalue weighted by atomic mass is 9.73. The van der Waals surface area contributed by atoms with E-state index in [0.717, 1.165) is 40.9 Å². The van der Waals surface area contributed by atoms with Gasteiger partial charge in [-0.3, -0.25) is 25.2 Å². The Hall–Kier alpha value is -4.33. The van der Waals surface area contributed by atoms with Crippen LogP contribution in [0, 0.1) is 32.1 Å². The van der Waals surface area contributed by atoms with E-state index < -0.39 is 4.92 Å². The molecular weight excluding hydrogens is 444 g/mol. The summed E-state index contributed by atoms with van der Waals surface area (Å²) in [4.78, 5) is 21.4. The first-order valence-electron chi connectivity index (χ1n) is 11.5. The number of nitro groups is 2. The summed E-state index contributed by atoms with van der Waals surface area (Å²) in [6.45, 7) is 2.22. The first-order chi connectivity index (χ1) is 16.9. The van der Waals surface area contributed by atoms with Crippen molar-refractivity contribution in [2.24, 2.45) is 16.9 Å². The van der Waals surface area contributed by atoms with Crippen molar-refractivity contribution in [3.05, 3.63) is 116 Å². The zero-order chi connectivity index (χ0) is 24.5. The molecule has 1 aliphatic heterocycles. The molecule has 1 heterocycles. The summed E-state index contributed by atoms with van der Waals surface area (Å²) in [5.41, 5.74) is 5.09. The molecule has 5 rings (SSSR count). The van der Waals surface area contributed by atoms with Gasteiger partial charge < -0.3 is 0 Å². The second kappa shape index (κ2) is 9.13. The number of fused-ring (bicyclic) bond motifs is 1. The van der Waals surface area contributed by atoms with Gasteiger partial charge in [0.15, 0.2) is 0 Å². The highest BCUT2D eigenvalue weighted by atomic mass is 16.6. The molecule has 2 aliphatic rings. The SMILES string of the molecule is CC1C/C(=C/c2ccc([N+](=O)[O-])cc2)C2=NN(c3ccccc3)C(c3ccc([N+](=O)[O-])cc3)C2C1. The van der Waals surface area contributed by atoms with Gasteiger partial charge >= 0.3 is 0 Å². The zero-order valence-electron chi connectivity index (χ0n) is 19.2. The van der Waals surface area contributed by atoms with Crippen LogP contribution in [-0.2, 0) is 0 Å². The van der Waals surface area contributed by atoms with Crippen LogP contribution in [0.3, 0.4) is 0 Å². The lowest BCUT2D eigenvalue weighted by Crippen LogP contribution is -2.30. The van der Waals surface area contributed by atoms with Gasteiger partial charge in [-0.1, -0.05) is 37.3 Å². The van der Waals surface area contributed by atoms with Gasteiger partial charge in [0, 0.05) is 30.2 Å². The highest BCUT2D eigenvalue weighted by Gasteiger charge is 2.43. The normalized spacial score (nSPS) is 22.5. The number of para-hydroxylation sites is 1. The smallest absolute Gasteiger partial charge is 0.258 e. The molecule has 3 aromatic carbocycles. The number of hydrogen-bond donors (Lipinski definition) is 0. The topological polar surface area (TPSA) is 102 Å². The summed E-state index contributed by atoms with van der Waals surface area (Å²) in [5, 5.41) is 29.3. The van der Waals surface area contributed by atoms with Gasteiger partial charge in [-0.05, 0) is 65.8 Å². The predicted molar refractivity (Wildman–Crippen MR) is 135 cm³/mol. The molecule has 176 valence electrons. The Labute approximate surface area is 202 Å². The summed E-state index contributed by atoms with van der Waals surface area (Å²) in [6.07, 6.45) is 3.88. The van der Waals surface area contributed by atoms with E-state index in [9.17, 15) is 20.2 Å². The minimum atomic E-state index is -0.400. The van der Waals surface area contributed by atoms with Gasteiger partial charge in [0.1, 0.15) is 0 Å². The Kier molecular flexibility index (Phi) is 5.86. The summed E-state index contributed by atoms with van der Waals surface area (Å²) < 4.78 is 0. The van der Waals surface area contributed by atoms with E-state index >= 15 is 0 Å². The number of hydrazone groups is 1. The van der Waals surface area contributed by atoms with Crippen molar-refractivity contribution < 1.29 is 9.85 Å². The third-order valence-corrected chi connectivity index (χ3v) is 6.68. The molecule has 3 atom stereocenters. The Morgan fingerprint density at radius 1 is 0.886 bits per heavy atom. The Balaban J connectivity index is 1.57. The first kappa shape index (κ1) is 22.5. The molecule has 0 saturated heterocycles. The molecule has 0 bridgehead atoms. The second-order valence-electron chi connectivity index (χ2n) is 9.13. The average molecular weight is 469 g/mol. The number of non-ortho nitro benzene ring substituents is 2. The number of anilines is 1.